The summed E-state index contributed by atoms with van der Waals surface area (Å²) in [5.41, 5.74) is 21.2. The number of hydrogen-bond acceptors (Lipinski definition) is 2. The van der Waals surface area contributed by atoms with Gasteiger partial charge in [0.15, 0.2) is 0 Å². The molecule has 0 aliphatic heterocycles. The summed E-state index contributed by atoms with van der Waals surface area (Å²) in [7, 11) is 0. The molecule has 0 spiro atoms. The summed E-state index contributed by atoms with van der Waals surface area (Å²) in [5, 5.41) is 0. The Balaban J connectivity index is 1.07. The predicted octanol–water partition coefficient (Wildman–Crippen LogP) is 20.5. The molecular weight excluding hydrogens is 929 g/mol. The van der Waals surface area contributed by atoms with Crippen LogP contribution in [0.1, 0.15) is 59.1 Å². The highest BCUT2D eigenvalue weighted by Gasteiger charge is 2.47. The fourth-order valence-electron chi connectivity index (χ4n) is 11.4. The summed E-state index contributed by atoms with van der Waals surface area (Å²) in [6.45, 7) is 7.80. The Morgan fingerprint density at radius 2 is 0.662 bits per heavy atom. The lowest BCUT2D eigenvalue weighted by molar-refractivity contribution is 0.757. The van der Waals surface area contributed by atoms with Crippen molar-refractivity contribution in [1.29, 1.82) is 0 Å². The molecule has 2 nitrogen and oxygen atoms in total. The predicted molar refractivity (Wildman–Crippen MR) is 329 cm³/mol. The van der Waals surface area contributed by atoms with E-state index >= 15 is 0 Å². The zero-order valence-electron chi connectivity index (χ0n) is 43.8. The number of para-hydroxylation sites is 4. The number of aryl methyl sites for hydroxylation is 2. The van der Waals surface area contributed by atoms with E-state index in [1.54, 1.807) is 0 Å². The second-order valence-electron chi connectivity index (χ2n) is 19.9. The van der Waals surface area contributed by atoms with Gasteiger partial charge in [-0.25, -0.2) is 0 Å². The maximum atomic E-state index is 3.90. The lowest BCUT2D eigenvalue weighted by Crippen LogP contribution is -2.29. The van der Waals surface area contributed by atoms with Gasteiger partial charge in [-0.15, -0.1) is 0 Å². The first-order valence-corrected chi connectivity index (χ1v) is 27.2. The van der Waals surface area contributed by atoms with Gasteiger partial charge in [-0.05, 0) is 190 Å². The second-order valence-corrected chi connectivity index (χ2v) is 19.9. The number of anilines is 6. The Hall–Kier alpha value is -9.24. The number of fused-ring (bicyclic) bond motifs is 3. The van der Waals surface area contributed by atoms with Crippen molar-refractivity contribution in [2.45, 2.75) is 43.9 Å². The highest BCUT2D eigenvalue weighted by Crippen LogP contribution is 2.58. The van der Waals surface area contributed by atoms with E-state index in [0.717, 1.165) is 72.6 Å². The molecule has 0 aromatic heterocycles. The Morgan fingerprint density at radius 3 is 1.01 bits per heavy atom. The van der Waals surface area contributed by atoms with Gasteiger partial charge in [0.2, 0.25) is 0 Å². The largest absolute Gasteiger partial charge is 0.311 e. The van der Waals surface area contributed by atoms with Gasteiger partial charge in [0.1, 0.15) is 0 Å². The van der Waals surface area contributed by atoms with Crippen molar-refractivity contribution >= 4 is 34.1 Å². The van der Waals surface area contributed by atoms with E-state index in [4.69, 9.17) is 0 Å². The molecule has 1 aliphatic carbocycles. The van der Waals surface area contributed by atoms with Crippen molar-refractivity contribution in [1.82, 2.24) is 0 Å². The molecular formula is C75H64N2. The number of rotatable bonds is 20. The first-order valence-electron chi connectivity index (χ1n) is 27.2. The van der Waals surface area contributed by atoms with Gasteiger partial charge in [0.25, 0.3) is 0 Å². The van der Waals surface area contributed by atoms with E-state index in [9.17, 15) is 0 Å². The molecule has 0 amide bonds. The quantitative estimate of drug-likeness (QED) is 0.0555. The van der Waals surface area contributed by atoms with Crippen molar-refractivity contribution in [3.8, 4) is 33.4 Å². The highest BCUT2D eigenvalue weighted by molar-refractivity contribution is 5.91. The number of nitrogens with zero attached hydrogens (tertiary/aromatic N) is 2. The molecule has 77 heavy (non-hydrogen) atoms. The second kappa shape index (κ2) is 23.5. The third kappa shape index (κ3) is 10.6. The molecule has 374 valence electrons. The average molecular weight is 993 g/mol. The number of unbranched alkanes of at least 4 members (excludes halogenated alkanes) is 2. The van der Waals surface area contributed by atoms with Gasteiger partial charge in [-0.2, -0.15) is 0 Å². The normalized spacial score (nSPS) is 12.3. The van der Waals surface area contributed by atoms with Crippen LogP contribution in [0.15, 0.2) is 304 Å². The Morgan fingerprint density at radius 1 is 0.325 bits per heavy atom. The Labute approximate surface area is 456 Å². The molecule has 0 heterocycles. The van der Waals surface area contributed by atoms with E-state index in [1.165, 1.54) is 66.8 Å². The van der Waals surface area contributed by atoms with Crippen LogP contribution in [0.2, 0.25) is 0 Å². The van der Waals surface area contributed by atoms with Gasteiger partial charge in [-0.1, -0.05) is 219 Å². The highest BCUT2D eigenvalue weighted by atomic mass is 15.1. The van der Waals surface area contributed by atoms with E-state index < -0.39 is 5.41 Å². The lowest BCUT2D eigenvalue weighted by atomic mass is 9.66. The van der Waals surface area contributed by atoms with Crippen LogP contribution in [0.5, 0.6) is 0 Å². The first-order chi connectivity index (χ1) is 38.1. The van der Waals surface area contributed by atoms with Crippen LogP contribution in [0, 0.1) is 0 Å². The van der Waals surface area contributed by atoms with Crippen molar-refractivity contribution in [3.63, 3.8) is 0 Å². The molecule has 0 atom stereocenters. The van der Waals surface area contributed by atoms with E-state index in [2.05, 4.69) is 302 Å². The van der Waals surface area contributed by atoms with Gasteiger partial charge >= 0.3 is 0 Å². The molecule has 0 saturated heterocycles. The van der Waals surface area contributed by atoms with Crippen LogP contribution in [0.25, 0.3) is 33.4 Å². The van der Waals surface area contributed by atoms with Gasteiger partial charge in [0, 0.05) is 34.1 Å². The van der Waals surface area contributed by atoms with E-state index in [0.29, 0.717) is 0 Å². The third-order valence-electron chi connectivity index (χ3n) is 15.0. The zero-order chi connectivity index (χ0) is 52.2. The summed E-state index contributed by atoms with van der Waals surface area (Å²) in [4.78, 5) is 4.65. The smallest absolute Gasteiger partial charge is 0.0714 e. The molecule has 11 rings (SSSR count). The minimum atomic E-state index is -0.636. The van der Waals surface area contributed by atoms with Crippen LogP contribution in [-0.2, 0) is 18.3 Å². The summed E-state index contributed by atoms with van der Waals surface area (Å²) in [6, 6.07) is 94.3. The van der Waals surface area contributed by atoms with Crippen molar-refractivity contribution in [2.24, 2.45) is 0 Å². The molecule has 10 aromatic carbocycles. The SMILES string of the molecule is C=C/C=C\CCCc1cccc(C2(c3cccc(CCC/C=C/C=C)c3)c3cc(-c4ccc(N(c5ccccc5)c5ccccc5)cc4)ccc3-c3ccc(-c4ccc(N(c5ccccc5)c5ccccc5)cc4)cc32)c1. The molecule has 0 unspecified atom stereocenters. The zero-order valence-corrected chi connectivity index (χ0v) is 43.8. The summed E-state index contributed by atoms with van der Waals surface area (Å²) >= 11 is 0. The van der Waals surface area contributed by atoms with Crippen LogP contribution in [-0.4, -0.2) is 0 Å². The molecule has 2 heteroatoms. The summed E-state index contributed by atoms with van der Waals surface area (Å²) in [5.74, 6) is 0. The van der Waals surface area contributed by atoms with Crippen molar-refractivity contribution < 1.29 is 0 Å². The maximum absolute atomic E-state index is 3.90. The molecule has 0 fully saturated rings. The van der Waals surface area contributed by atoms with E-state index in [-0.39, 0.29) is 0 Å². The van der Waals surface area contributed by atoms with Gasteiger partial charge in [0.05, 0.1) is 5.41 Å². The van der Waals surface area contributed by atoms with Crippen LogP contribution >= 0.6 is 0 Å². The molecule has 0 saturated carbocycles. The van der Waals surface area contributed by atoms with Crippen LogP contribution < -0.4 is 9.80 Å². The molecule has 10 aromatic rings. The first kappa shape index (κ1) is 49.9. The lowest BCUT2D eigenvalue weighted by Gasteiger charge is -2.35. The topological polar surface area (TPSA) is 6.48 Å². The number of hydrogen-bond donors (Lipinski definition) is 0. The Bertz CT molecular complexity index is 3320. The molecule has 0 N–H and O–H groups in total. The molecule has 0 bridgehead atoms. The monoisotopic (exact) mass is 993 g/mol. The summed E-state index contributed by atoms with van der Waals surface area (Å²) in [6.07, 6.45) is 18.4. The molecule has 1 aliphatic rings. The third-order valence-corrected chi connectivity index (χ3v) is 15.0. The van der Waals surface area contributed by atoms with E-state index in [1.807, 2.05) is 12.2 Å². The van der Waals surface area contributed by atoms with Gasteiger partial charge in [-0.3, -0.25) is 0 Å². The van der Waals surface area contributed by atoms with Crippen LogP contribution in [0.3, 0.4) is 0 Å². The average Bonchev–Trinajstić information content (AvgIpc) is 4.05. The minimum absolute atomic E-state index is 0.636. The Kier molecular flexibility index (Phi) is 15.3. The fourth-order valence-corrected chi connectivity index (χ4v) is 11.4. The minimum Gasteiger partial charge on any atom is -0.311 e. The summed E-state index contributed by atoms with van der Waals surface area (Å²) < 4.78 is 0. The van der Waals surface area contributed by atoms with Crippen molar-refractivity contribution in [3.05, 3.63) is 338 Å². The number of benzene rings is 10. The number of allylic oxidation sites excluding steroid dienone is 6. The molecule has 0 radical (unpaired) electrons. The van der Waals surface area contributed by atoms with Crippen LogP contribution in [0.4, 0.5) is 34.1 Å². The maximum Gasteiger partial charge on any atom is 0.0714 e. The van der Waals surface area contributed by atoms with Crippen molar-refractivity contribution in [2.75, 3.05) is 9.80 Å². The van der Waals surface area contributed by atoms with Gasteiger partial charge < -0.3 is 9.80 Å². The standard InChI is InChI=1S/C75H64N2/c1-3-5-7-9-15-27-57-29-25-31-63(53-57)75(64-32-26-30-58(54-64)28-16-10-8-6-4-2)73-55-61(59-41-47-69(48-42-59)76(65-33-17-11-18-34-65)66-35-19-12-20-36-66)45-51-71(73)72-52-46-62(56-74(72)75)60-43-49-70(50-44-60)77(67-37-21-13-22-38-67)68-39-23-14-24-40-68/h3-8,11-14,17-26,29-56H,1-2,9-10,15-16,27-28H2/b7-5-,8-6+. The fraction of sp³-hybridized carbons (Fsp3) is 0.0933.